The first kappa shape index (κ1) is 17.4. The van der Waals surface area contributed by atoms with Crippen molar-refractivity contribution in [2.75, 3.05) is 12.3 Å². The quantitative estimate of drug-likeness (QED) is 0.797. The Morgan fingerprint density at radius 2 is 2.09 bits per heavy atom. The van der Waals surface area contributed by atoms with Crippen LogP contribution in [0.15, 0.2) is 24.3 Å². The minimum absolute atomic E-state index is 0.0271. The summed E-state index contributed by atoms with van der Waals surface area (Å²) >= 11 is 1.47. The molecule has 1 heterocycles. The number of carbonyl (C=O) groups excluding carboxylic acids is 1. The highest BCUT2D eigenvalue weighted by Crippen LogP contribution is 2.12. The van der Waals surface area contributed by atoms with Crippen LogP contribution >= 0.6 is 11.8 Å². The molecule has 0 aliphatic rings. The summed E-state index contributed by atoms with van der Waals surface area (Å²) in [4.78, 5) is 11.8. The van der Waals surface area contributed by atoms with E-state index in [-0.39, 0.29) is 17.8 Å². The molecule has 2 aromatic rings. The fourth-order valence-electron chi connectivity index (χ4n) is 1.99. The molecule has 6 nitrogen and oxygen atoms in total. The van der Waals surface area contributed by atoms with Gasteiger partial charge in [-0.2, -0.15) is 0 Å². The van der Waals surface area contributed by atoms with Crippen molar-refractivity contribution in [3.8, 4) is 0 Å². The summed E-state index contributed by atoms with van der Waals surface area (Å²) in [6.07, 6.45) is 0.683. The molecule has 1 amide bonds. The van der Waals surface area contributed by atoms with Crippen LogP contribution in [0.2, 0.25) is 0 Å². The lowest BCUT2D eigenvalue weighted by molar-refractivity contribution is -0.118. The number of nitrogens with one attached hydrogen (secondary N) is 1. The molecule has 1 N–H and O–H groups in total. The number of tetrazole rings is 1. The van der Waals surface area contributed by atoms with E-state index in [0.717, 1.165) is 11.4 Å². The van der Waals surface area contributed by atoms with E-state index in [4.69, 9.17) is 0 Å². The molecule has 0 unspecified atom stereocenters. The average Bonchev–Trinajstić information content (AvgIpc) is 2.98. The molecule has 0 aliphatic heterocycles. The first-order valence-electron chi connectivity index (χ1n) is 7.42. The van der Waals surface area contributed by atoms with E-state index in [0.29, 0.717) is 24.5 Å². The second kappa shape index (κ2) is 8.61. The van der Waals surface area contributed by atoms with Crippen LogP contribution in [0.1, 0.15) is 31.3 Å². The summed E-state index contributed by atoms with van der Waals surface area (Å²) in [6, 6.07) is 6.49. The van der Waals surface area contributed by atoms with E-state index >= 15 is 0 Å². The Morgan fingerprint density at radius 3 is 2.78 bits per heavy atom. The highest BCUT2D eigenvalue weighted by molar-refractivity contribution is 7.99. The maximum Gasteiger partial charge on any atom is 0.230 e. The van der Waals surface area contributed by atoms with Crippen molar-refractivity contribution in [3.63, 3.8) is 0 Å². The third kappa shape index (κ3) is 5.63. The Morgan fingerprint density at radius 1 is 1.35 bits per heavy atom. The van der Waals surface area contributed by atoms with Crippen LogP contribution in [0.3, 0.4) is 0 Å². The summed E-state index contributed by atoms with van der Waals surface area (Å²) in [5.74, 6) is 1.44. The van der Waals surface area contributed by atoms with Gasteiger partial charge in [0, 0.05) is 6.54 Å². The summed E-state index contributed by atoms with van der Waals surface area (Å²) in [5, 5.41) is 14.4. The molecule has 8 heteroatoms. The van der Waals surface area contributed by atoms with Crippen LogP contribution < -0.4 is 5.32 Å². The molecule has 0 fully saturated rings. The summed E-state index contributed by atoms with van der Waals surface area (Å²) < 4.78 is 14.5. The van der Waals surface area contributed by atoms with Gasteiger partial charge in [0.2, 0.25) is 5.91 Å². The van der Waals surface area contributed by atoms with Crippen LogP contribution in [0.5, 0.6) is 0 Å². The van der Waals surface area contributed by atoms with E-state index < -0.39 is 0 Å². The lowest BCUT2D eigenvalue weighted by Gasteiger charge is -2.08. The molecular weight excluding hydrogens is 317 g/mol. The van der Waals surface area contributed by atoms with Gasteiger partial charge in [-0.3, -0.25) is 4.79 Å². The summed E-state index contributed by atoms with van der Waals surface area (Å²) in [7, 11) is 0. The van der Waals surface area contributed by atoms with Gasteiger partial charge in [-0.25, -0.2) is 9.07 Å². The van der Waals surface area contributed by atoms with Crippen LogP contribution in [0, 0.1) is 5.82 Å². The number of aromatic nitrogens is 4. The minimum Gasteiger partial charge on any atom is -0.355 e. The number of amides is 1. The third-order valence-electron chi connectivity index (χ3n) is 3.16. The zero-order valence-corrected chi connectivity index (χ0v) is 14.0. The second-order valence-electron chi connectivity index (χ2n) is 5.35. The highest BCUT2D eigenvalue weighted by atomic mass is 32.2. The van der Waals surface area contributed by atoms with Crippen molar-refractivity contribution in [1.82, 2.24) is 25.5 Å². The largest absolute Gasteiger partial charge is 0.355 e. The predicted octanol–water partition coefficient (Wildman–Crippen LogP) is 1.99. The number of thioether (sulfide) groups is 1. The molecule has 1 aromatic heterocycles. The average molecular weight is 337 g/mol. The van der Waals surface area contributed by atoms with Crippen LogP contribution in [-0.4, -0.2) is 38.4 Å². The van der Waals surface area contributed by atoms with Crippen molar-refractivity contribution in [2.45, 2.75) is 32.1 Å². The standard InChI is InChI=1S/C15H20FN5OS/c1-11(2)21-14(18-19-20-21)9-23-10-15(22)17-8-7-12-3-5-13(16)6-4-12/h3-6,11H,7-10H2,1-2H3,(H,17,22). The smallest absolute Gasteiger partial charge is 0.230 e. The lowest BCUT2D eigenvalue weighted by Crippen LogP contribution is -2.27. The lowest BCUT2D eigenvalue weighted by atomic mass is 10.1. The maximum atomic E-state index is 12.8. The Labute approximate surface area is 138 Å². The zero-order valence-electron chi connectivity index (χ0n) is 13.2. The molecule has 1 aromatic carbocycles. The van der Waals surface area contributed by atoms with E-state index in [1.165, 1.54) is 23.9 Å². The van der Waals surface area contributed by atoms with Crippen LogP contribution in [0.25, 0.3) is 0 Å². The van der Waals surface area contributed by atoms with Gasteiger partial charge in [0.25, 0.3) is 0 Å². The monoisotopic (exact) mass is 337 g/mol. The molecule has 124 valence electrons. The van der Waals surface area contributed by atoms with E-state index in [1.807, 2.05) is 13.8 Å². The Kier molecular flexibility index (Phi) is 6.52. The van der Waals surface area contributed by atoms with Gasteiger partial charge >= 0.3 is 0 Å². The molecule has 0 saturated carbocycles. The van der Waals surface area contributed by atoms with E-state index in [9.17, 15) is 9.18 Å². The van der Waals surface area contributed by atoms with Gasteiger partial charge in [0.1, 0.15) is 5.82 Å². The number of halogens is 1. The predicted molar refractivity (Wildman–Crippen MR) is 87.5 cm³/mol. The highest BCUT2D eigenvalue weighted by Gasteiger charge is 2.10. The van der Waals surface area contributed by atoms with Crippen molar-refractivity contribution < 1.29 is 9.18 Å². The van der Waals surface area contributed by atoms with Crippen molar-refractivity contribution in [2.24, 2.45) is 0 Å². The van der Waals surface area contributed by atoms with Gasteiger partial charge in [0.05, 0.1) is 17.5 Å². The molecule has 0 radical (unpaired) electrons. The van der Waals surface area contributed by atoms with Crippen molar-refractivity contribution in [3.05, 3.63) is 41.5 Å². The summed E-state index contributed by atoms with van der Waals surface area (Å²) in [6.45, 7) is 4.55. The molecular formula is C15H20FN5OS. The minimum atomic E-state index is -0.252. The number of hydrogen-bond donors (Lipinski definition) is 1. The molecule has 0 saturated heterocycles. The van der Waals surface area contributed by atoms with Crippen LogP contribution in [-0.2, 0) is 17.0 Å². The number of nitrogens with zero attached hydrogens (tertiary/aromatic N) is 4. The number of rotatable bonds is 8. The fourth-order valence-corrected chi connectivity index (χ4v) is 2.75. The molecule has 0 atom stereocenters. The van der Waals surface area contributed by atoms with E-state index in [1.54, 1.807) is 16.8 Å². The van der Waals surface area contributed by atoms with E-state index in [2.05, 4.69) is 20.8 Å². The van der Waals surface area contributed by atoms with Gasteiger partial charge in [-0.05, 0) is 48.4 Å². The third-order valence-corrected chi connectivity index (χ3v) is 4.09. The maximum absolute atomic E-state index is 12.8. The van der Waals surface area contributed by atoms with Gasteiger partial charge in [-0.1, -0.05) is 12.1 Å². The Hall–Kier alpha value is -1.96. The molecule has 2 rings (SSSR count). The molecule has 0 spiro atoms. The number of carbonyl (C=O) groups is 1. The van der Waals surface area contributed by atoms with Crippen molar-refractivity contribution in [1.29, 1.82) is 0 Å². The van der Waals surface area contributed by atoms with Crippen LogP contribution in [0.4, 0.5) is 4.39 Å². The topological polar surface area (TPSA) is 72.7 Å². The van der Waals surface area contributed by atoms with Gasteiger partial charge in [-0.15, -0.1) is 16.9 Å². The second-order valence-corrected chi connectivity index (χ2v) is 6.34. The molecule has 0 bridgehead atoms. The molecule has 0 aliphatic carbocycles. The SMILES string of the molecule is CC(C)n1nnnc1CSCC(=O)NCCc1ccc(F)cc1. The normalized spacial score (nSPS) is 11.0. The first-order chi connectivity index (χ1) is 11.1. The Balaban J connectivity index is 1.65. The van der Waals surface area contributed by atoms with Gasteiger partial charge in [0.15, 0.2) is 5.82 Å². The number of hydrogen-bond acceptors (Lipinski definition) is 5. The zero-order chi connectivity index (χ0) is 16.7. The first-order valence-corrected chi connectivity index (χ1v) is 8.57. The Bertz CT molecular complexity index is 629. The van der Waals surface area contributed by atoms with Gasteiger partial charge < -0.3 is 5.32 Å². The fraction of sp³-hybridized carbons (Fsp3) is 0.467. The molecule has 23 heavy (non-hydrogen) atoms. The summed E-state index contributed by atoms with van der Waals surface area (Å²) in [5.41, 5.74) is 0.996. The van der Waals surface area contributed by atoms with Crippen molar-refractivity contribution >= 4 is 17.7 Å². The number of benzene rings is 1.